The Balaban J connectivity index is 2.20. The van der Waals surface area contributed by atoms with E-state index in [-0.39, 0.29) is 0 Å². The van der Waals surface area contributed by atoms with Gasteiger partial charge in [-0.2, -0.15) is 12.7 Å². The largest absolute Gasteiger partial charge is 0.330 e. The van der Waals surface area contributed by atoms with Gasteiger partial charge in [-0.1, -0.05) is 19.3 Å². The van der Waals surface area contributed by atoms with Crippen LogP contribution >= 0.6 is 0 Å². The number of hydrogen-bond donors (Lipinski definition) is 2. The summed E-state index contributed by atoms with van der Waals surface area (Å²) in [6.45, 7) is 1.55. The second-order valence-corrected chi connectivity index (χ2v) is 6.31. The average molecular weight is 249 g/mol. The van der Waals surface area contributed by atoms with Crippen LogP contribution in [0.4, 0.5) is 0 Å². The lowest BCUT2D eigenvalue weighted by atomic mass is 9.83. The minimum Gasteiger partial charge on any atom is -0.330 e. The second kappa shape index (κ2) is 6.54. The topological polar surface area (TPSA) is 75.4 Å². The van der Waals surface area contributed by atoms with Crippen LogP contribution in [0.3, 0.4) is 0 Å². The van der Waals surface area contributed by atoms with Crippen LogP contribution in [0.1, 0.15) is 32.1 Å². The number of nitrogens with two attached hydrogens (primary N) is 1. The maximum absolute atomic E-state index is 11.7. The molecule has 0 spiro atoms. The Bertz CT molecular complexity index is 288. The molecule has 1 aliphatic carbocycles. The zero-order valence-electron chi connectivity index (χ0n) is 9.98. The summed E-state index contributed by atoms with van der Waals surface area (Å²) >= 11 is 0. The van der Waals surface area contributed by atoms with Gasteiger partial charge in [-0.15, -0.1) is 0 Å². The zero-order chi connectivity index (χ0) is 12.0. The van der Waals surface area contributed by atoms with Crippen molar-refractivity contribution in [1.29, 1.82) is 0 Å². The third-order valence-corrected chi connectivity index (χ3v) is 4.72. The predicted molar refractivity (Wildman–Crippen MR) is 65.2 cm³/mol. The van der Waals surface area contributed by atoms with E-state index in [2.05, 4.69) is 4.72 Å². The van der Waals surface area contributed by atoms with Gasteiger partial charge in [-0.05, 0) is 25.3 Å². The Kier molecular flexibility index (Phi) is 5.68. The van der Waals surface area contributed by atoms with E-state index in [1.54, 1.807) is 7.05 Å². The first kappa shape index (κ1) is 13.9. The first-order valence-electron chi connectivity index (χ1n) is 5.97. The zero-order valence-corrected chi connectivity index (χ0v) is 10.8. The summed E-state index contributed by atoms with van der Waals surface area (Å²) in [7, 11) is -1.70. The van der Waals surface area contributed by atoms with Crippen LogP contribution in [-0.4, -0.2) is 39.4 Å². The van der Waals surface area contributed by atoms with E-state index >= 15 is 0 Å². The minimum atomic E-state index is -3.28. The first-order valence-corrected chi connectivity index (χ1v) is 7.41. The van der Waals surface area contributed by atoms with E-state index in [0.29, 0.717) is 26.1 Å². The predicted octanol–water partition coefficient (Wildman–Crippen LogP) is 0.292. The van der Waals surface area contributed by atoms with E-state index in [9.17, 15) is 8.42 Å². The highest BCUT2D eigenvalue weighted by atomic mass is 32.2. The molecule has 96 valence electrons. The average Bonchev–Trinajstić information content (AvgIpc) is 2.18. The molecule has 0 aromatic heterocycles. The van der Waals surface area contributed by atoms with Crippen LogP contribution in [0.2, 0.25) is 0 Å². The highest BCUT2D eigenvalue weighted by molar-refractivity contribution is 7.87. The fourth-order valence-corrected chi connectivity index (χ4v) is 2.68. The lowest BCUT2D eigenvalue weighted by molar-refractivity contribution is 0.296. The Hall–Kier alpha value is -0.170. The summed E-state index contributed by atoms with van der Waals surface area (Å²) in [5.41, 5.74) is 5.34. The molecule has 3 N–H and O–H groups in total. The van der Waals surface area contributed by atoms with Gasteiger partial charge in [0.25, 0.3) is 10.2 Å². The molecule has 5 nitrogen and oxygen atoms in total. The molecule has 0 aliphatic heterocycles. The quantitative estimate of drug-likeness (QED) is 0.649. The van der Waals surface area contributed by atoms with Crippen molar-refractivity contribution in [3.05, 3.63) is 0 Å². The van der Waals surface area contributed by atoms with Crippen LogP contribution in [0, 0.1) is 5.92 Å². The molecule has 6 heteroatoms. The molecule has 0 saturated heterocycles. The maximum atomic E-state index is 11.7. The highest BCUT2D eigenvalue weighted by Gasteiger charge is 2.20. The lowest BCUT2D eigenvalue weighted by Gasteiger charge is -2.25. The molecule has 0 unspecified atom stereocenters. The van der Waals surface area contributed by atoms with Crippen LogP contribution in [0.25, 0.3) is 0 Å². The standard InChI is InChI=1S/C10H23N3O2S/c1-13(9-3-7-11)16(14,15)12-8-6-10-4-2-5-10/h10,12H,2-9,11H2,1H3. The van der Waals surface area contributed by atoms with Crippen LogP contribution in [-0.2, 0) is 10.2 Å². The van der Waals surface area contributed by atoms with Crippen molar-refractivity contribution in [3.8, 4) is 0 Å². The van der Waals surface area contributed by atoms with Crippen molar-refractivity contribution in [2.75, 3.05) is 26.7 Å². The summed E-state index contributed by atoms with van der Waals surface area (Å²) in [5.74, 6) is 0.733. The summed E-state index contributed by atoms with van der Waals surface area (Å²) in [5, 5.41) is 0. The summed E-state index contributed by atoms with van der Waals surface area (Å²) in [6.07, 6.45) is 5.47. The van der Waals surface area contributed by atoms with E-state index in [0.717, 1.165) is 12.3 Å². The maximum Gasteiger partial charge on any atom is 0.279 e. The Morgan fingerprint density at radius 3 is 2.62 bits per heavy atom. The molecule has 1 aliphatic rings. The molecule has 0 heterocycles. The van der Waals surface area contributed by atoms with E-state index in [1.165, 1.54) is 23.6 Å². The summed E-state index contributed by atoms with van der Waals surface area (Å²) < 4.78 is 27.4. The van der Waals surface area contributed by atoms with Crippen molar-refractivity contribution in [1.82, 2.24) is 9.03 Å². The van der Waals surface area contributed by atoms with Crippen molar-refractivity contribution < 1.29 is 8.42 Å². The molecule has 0 bridgehead atoms. The van der Waals surface area contributed by atoms with Gasteiger partial charge >= 0.3 is 0 Å². The molecule has 0 aromatic carbocycles. The third-order valence-electron chi connectivity index (χ3n) is 3.15. The highest BCUT2D eigenvalue weighted by Crippen LogP contribution is 2.28. The molecule has 0 amide bonds. The van der Waals surface area contributed by atoms with Gasteiger partial charge in [0.2, 0.25) is 0 Å². The van der Waals surface area contributed by atoms with Crippen LogP contribution in [0.5, 0.6) is 0 Å². The molecule has 0 radical (unpaired) electrons. The van der Waals surface area contributed by atoms with E-state index in [1.807, 2.05) is 0 Å². The number of nitrogens with zero attached hydrogens (tertiary/aromatic N) is 1. The van der Waals surface area contributed by atoms with E-state index < -0.39 is 10.2 Å². The number of nitrogens with one attached hydrogen (secondary N) is 1. The fraction of sp³-hybridized carbons (Fsp3) is 1.00. The Labute approximate surface area is 98.6 Å². The molecule has 16 heavy (non-hydrogen) atoms. The van der Waals surface area contributed by atoms with Gasteiger partial charge in [0, 0.05) is 20.1 Å². The molecule has 0 aromatic rings. The van der Waals surface area contributed by atoms with Gasteiger partial charge in [0.15, 0.2) is 0 Å². The molecule has 1 rings (SSSR count). The van der Waals surface area contributed by atoms with Gasteiger partial charge in [-0.25, -0.2) is 4.72 Å². The third kappa shape index (κ3) is 4.37. The second-order valence-electron chi connectivity index (χ2n) is 4.45. The normalized spacial score (nSPS) is 17.7. The van der Waals surface area contributed by atoms with Gasteiger partial charge in [-0.3, -0.25) is 0 Å². The molecule has 1 saturated carbocycles. The molecular formula is C10H23N3O2S. The van der Waals surface area contributed by atoms with Gasteiger partial charge in [0.1, 0.15) is 0 Å². The summed E-state index contributed by atoms with van der Waals surface area (Å²) in [6, 6.07) is 0. The number of rotatable bonds is 8. The summed E-state index contributed by atoms with van der Waals surface area (Å²) in [4.78, 5) is 0. The fourth-order valence-electron chi connectivity index (χ4n) is 1.72. The first-order chi connectivity index (χ1) is 7.56. The molecule has 0 atom stereocenters. The van der Waals surface area contributed by atoms with Gasteiger partial charge < -0.3 is 5.73 Å². The number of hydrogen-bond acceptors (Lipinski definition) is 3. The minimum absolute atomic E-state index is 0.481. The SMILES string of the molecule is CN(CCCN)S(=O)(=O)NCCC1CCC1. The monoisotopic (exact) mass is 249 g/mol. The smallest absolute Gasteiger partial charge is 0.279 e. The van der Waals surface area contributed by atoms with Crippen molar-refractivity contribution in [2.24, 2.45) is 11.7 Å². The van der Waals surface area contributed by atoms with Crippen molar-refractivity contribution >= 4 is 10.2 Å². The van der Waals surface area contributed by atoms with Gasteiger partial charge in [0.05, 0.1) is 0 Å². The molecular weight excluding hydrogens is 226 g/mol. The Morgan fingerprint density at radius 1 is 1.44 bits per heavy atom. The van der Waals surface area contributed by atoms with Crippen molar-refractivity contribution in [2.45, 2.75) is 32.1 Å². The van der Waals surface area contributed by atoms with Crippen molar-refractivity contribution in [3.63, 3.8) is 0 Å². The van der Waals surface area contributed by atoms with Crippen LogP contribution < -0.4 is 10.5 Å². The van der Waals surface area contributed by atoms with Crippen LogP contribution in [0.15, 0.2) is 0 Å². The van der Waals surface area contributed by atoms with E-state index in [4.69, 9.17) is 5.73 Å². The lowest BCUT2D eigenvalue weighted by Crippen LogP contribution is -2.40. The Morgan fingerprint density at radius 2 is 2.12 bits per heavy atom. The molecule has 1 fully saturated rings.